The van der Waals surface area contributed by atoms with Crippen LogP contribution in [0.2, 0.25) is 0 Å². The van der Waals surface area contributed by atoms with Gasteiger partial charge in [0, 0.05) is 13.7 Å². The molecule has 1 aliphatic carbocycles. The van der Waals surface area contributed by atoms with Gasteiger partial charge in [-0.15, -0.1) is 0 Å². The predicted octanol–water partition coefficient (Wildman–Crippen LogP) is 1.37. The SMILES string of the molecule is CCC1CCC(NS(=O)(=O)CCCOC)(C(=O)O)CC1. The topological polar surface area (TPSA) is 92.7 Å². The molecule has 0 spiro atoms. The molecule has 0 atom stereocenters. The Hall–Kier alpha value is -0.660. The first-order valence-electron chi connectivity index (χ1n) is 7.09. The molecule has 0 aromatic carbocycles. The Morgan fingerprint density at radius 3 is 2.45 bits per heavy atom. The van der Waals surface area contributed by atoms with Crippen molar-refractivity contribution < 1.29 is 23.1 Å². The number of rotatable bonds is 8. The second-order valence-electron chi connectivity index (χ2n) is 5.51. The predicted molar refractivity (Wildman–Crippen MR) is 76.0 cm³/mol. The smallest absolute Gasteiger partial charge is 0.324 e. The fourth-order valence-electron chi connectivity index (χ4n) is 2.68. The molecule has 0 radical (unpaired) electrons. The Balaban J connectivity index is 2.70. The first-order valence-corrected chi connectivity index (χ1v) is 8.74. The minimum Gasteiger partial charge on any atom is -0.480 e. The fourth-order valence-corrected chi connectivity index (χ4v) is 4.17. The molecule has 1 fully saturated rings. The summed E-state index contributed by atoms with van der Waals surface area (Å²) in [7, 11) is -2.09. The molecule has 0 aromatic rings. The molecule has 0 heterocycles. The molecule has 1 aliphatic rings. The number of methoxy groups -OCH3 is 1. The fraction of sp³-hybridized carbons (Fsp3) is 0.923. The maximum absolute atomic E-state index is 12.0. The summed E-state index contributed by atoms with van der Waals surface area (Å²) in [5.74, 6) is -0.671. The average Bonchev–Trinajstić information content (AvgIpc) is 2.39. The number of hydrogen-bond donors (Lipinski definition) is 2. The van der Waals surface area contributed by atoms with Gasteiger partial charge in [-0.2, -0.15) is 4.72 Å². The number of ether oxygens (including phenoxy) is 1. The van der Waals surface area contributed by atoms with Crippen LogP contribution in [0.3, 0.4) is 0 Å². The molecule has 0 amide bonds. The summed E-state index contributed by atoms with van der Waals surface area (Å²) in [5, 5.41) is 9.43. The summed E-state index contributed by atoms with van der Waals surface area (Å²) in [5.41, 5.74) is -1.32. The Morgan fingerprint density at radius 1 is 1.40 bits per heavy atom. The highest BCUT2D eigenvalue weighted by molar-refractivity contribution is 7.89. The van der Waals surface area contributed by atoms with Crippen molar-refractivity contribution in [3.63, 3.8) is 0 Å². The van der Waals surface area contributed by atoms with Gasteiger partial charge in [0.1, 0.15) is 5.54 Å². The third-order valence-corrected chi connectivity index (χ3v) is 5.59. The van der Waals surface area contributed by atoms with E-state index < -0.39 is 21.5 Å². The number of hydrogen-bond acceptors (Lipinski definition) is 4. The number of carboxylic acid groups (broad SMARTS) is 1. The van der Waals surface area contributed by atoms with Crippen LogP contribution in [0.1, 0.15) is 45.4 Å². The molecule has 20 heavy (non-hydrogen) atoms. The van der Waals surface area contributed by atoms with Crippen molar-refractivity contribution >= 4 is 16.0 Å². The molecule has 1 rings (SSSR count). The number of aliphatic carboxylic acids is 1. The summed E-state index contributed by atoms with van der Waals surface area (Å²) in [6.07, 6.45) is 3.61. The molecule has 0 bridgehead atoms. The number of sulfonamides is 1. The highest BCUT2D eigenvalue weighted by Crippen LogP contribution is 2.34. The van der Waals surface area contributed by atoms with Gasteiger partial charge in [0.25, 0.3) is 0 Å². The molecule has 0 unspecified atom stereocenters. The van der Waals surface area contributed by atoms with Gasteiger partial charge in [-0.3, -0.25) is 4.79 Å². The lowest BCUT2D eigenvalue weighted by molar-refractivity contribution is -0.145. The second kappa shape index (κ2) is 7.38. The van der Waals surface area contributed by atoms with E-state index in [-0.39, 0.29) is 5.75 Å². The van der Waals surface area contributed by atoms with Gasteiger partial charge < -0.3 is 9.84 Å². The van der Waals surface area contributed by atoms with Crippen LogP contribution >= 0.6 is 0 Å². The quantitative estimate of drug-likeness (QED) is 0.661. The van der Waals surface area contributed by atoms with Crippen molar-refractivity contribution in [2.75, 3.05) is 19.5 Å². The minimum atomic E-state index is -3.59. The third-order valence-electron chi connectivity index (χ3n) is 4.06. The molecule has 2 N–H and O–H groups in total. The van der Waals surface area contributed by atoms with E-state index in [9.17, 15) is 18.3 Å². The molecule has 7 heteroatoms. The maximum Gasteiger partial charge on any atom is 0.324 e. The van der Waals surface area contributed by atoms with Crippen LogP contribution in [0.15, 0.2) is 0 Å². The van der Waals surface area contributed by atoms with Gasteiger partial charge in [-0.05, 0) is 38.0 Å². The van der Waals surface area contributed by atoms with Gasteiger partial charge in [-0.25, -0.2) is 8.42 Å². The summed E-state index contributed by atoms with van der Waals surface area (Å²) in [6.45, 7) is 2.42. The number of carboxylic acids is 1. The van der Waals surface area contributed by atoms with Gasteiger partial charge in [0.2, 0.25) is 10.0 Å². The van der Waals surface area contributed by atoms with E-state index >= 15 is 0 Å². The largest absolute Gasteiger partial charge is 0.480 e. The molecule has 0 aliphatic heterocycles. The summed E-state index contributed by atoms with van der Waals surface area (Å²) >= 11 is 0. The molecular formula is C13H25NO5S. The van der Waals surface area contributed by atoms with Gasteiger partial charge in [-0.1, -0.05) is 13.3 Å². The van der Waals surface area contributed by atoms with Crippen LogP contribution in [-0.2, 0) is 19.6 Å². The normalized spacial score (nSPS) is 27.4. The van der Waals surface area contributed by atoms with Crippen molar-refractivity contribution in [2.24, 2.45) is 5.92 Å². The van der Waals surface area contributed by atoms with Crippen molar-refractivity contribution in [2.45, 2.75) is 51.0 Å². The Morgan fingerprint density at radius 2 is 2.00 bits per heavy atom. The van der Waals surface area contributed by atoms with Crippen molar-refractivity contribution in [3.05, 3.63) is 0 Å². The van der Waals surface area contributed by atoms with E-state index in [0.29, 0.717) is 31.8 Å². The lowest BCUT2D eigenvalue weighted by Gasteiger charge is -2.36. The minimum absolute atomic E-state index is 0.104. The Bertz CT molecular complexity index is 412. The van der Waals surface area contributed by atoms with E-state index in [1.165, 1.54) is 7.11 Å². The third kappa shape index (κ3) is 4.71. The Kier molecular flexibility index (Phi) is 6.42. The highest BCUT2D eigenvalue weighted by atomic mass is 32.2. The number of carbonyl (C=O) groups is 1. The molecule has 0 aromatic heterocycles. The van der Waals surface area contributed by atoms with Crippen molar-refractivity contribution in [1.82, 2.24) is 4.72 Å². The zero-order valence-electron chi connectivity index (χ0n) is 12.2. The highest BCUT2D eigenvalue weighted by Gasteiger charge is 2.44. The van der Waals surface area contributed by atoms with Crippen LogP contribution in [-0.4, -0.2) is 44.5 Å². The van der Waals surface area contributed by atoms with Crippen LogP contribution < -0.4 is 4.72 Å². The van der Waals surface area contributed by atoms with Crippen molar-refractivity contribution in [1.29, 1.82) is 0 Å². The van der Waals surface area contributed by atoms with E-state index in [2.05, 4.69) is 11.6 Å². The Labute approximate surface area is 120 Å². The molecule has 0 saturated heterocycles. The summed E-state index contributed by atoms with van der Waals surface area (Å²) in [4.78, 5) is 11.5. The van der Waals surface area contributed by atoms with Gasteiger partial charge in [0.05, 0.1) is 5.75 Å². The molecule has 1 saturated carbocycles. The summed E-state index contributed by atoms with van der Waals surface area (Å²) < 4.78 is 31.3. The van der Waals surface area contributed by atoms with E-state index in [0.717, 1.165) is 19.3 Å². The van der Waals surface area contributed by atoms with E-state index in [4.69, 9.17) is 4.74 Å². The summed E-state index contributed by atoms with van der Waals surface area (Å²) in [6, 6.07) is 0. The second-order valence-corrected chi connectivity index (χ2v) is 7.35. The zero-order chi connectivity index (χ0) is 15.2. The van der Waals surface area contributed by atoms with Crippen LogP contribution in [0, 0.1) is 5.92 Å². The first-order chi connectivity index (χ1) is 9.35. The van der Waals surface area contributed by atoms with E-state index in [1.54, 1.807) is 0 Å². The lowest BCUT2D eigenvalue weighted by Crippen LogP contribution is -2.56. The van der Waals surface area contributed by atoms with Crippen LogP contribution in [0.25, 0.3) is 0 Å². The molecule has 118 valence electrons. The maximum atomic E-state index is 12.0. The van der Waals surface area contributed by atoms with Crippen molar-refractivity contribution in [3.8, 4) is 0 Å². The van der Waals surface area contributed by atoms with Crippen LogP contribution in [0.5, 0.6) is 0 Å². The van der Waals surface area contributed by atoms with Gasteiger partial charge in [0.15, 0.2) is 0 Å². The zero-order valence-corrected chi connectivity index (χ0v) is 13.0. The standard InChI is InChI=1S/C13H25NO5S/c1-3-11-5-7-13(8-6-11,12(15)16)14-20(17,18)10-4-9-19-2/h11,14H,3-10H2,1-2H3,(H,15,16). The molecular weight excluding hydrogens is 282 g/mol. The molecule has 6 nitrogen and oxygen atoms in total. The first kappa shape index (κ1) is 17.4. The van der Waals surface area contributed by atoms with Gasteiger partial charge >= 0.3 is 5.97 Å². The average molecular weight is 307 g/mol. The van der Waals surface area contributed by atoms with Crippen LogP contribution in [0.4, 0.5) is 0 Å². The number of nitrogens with one attached hydrogen (secondary N) is 1. The monoisotopic (exact) mass is 307 g/mol. The lowest BCUT2D eigenvalue weighted by atomic mass is 9.76. The van der Waals surface area contributed by atoms with E-state index in [1.807, 2.05) is 0 Å².